The molecule has 8 heteroatoms. The Morgan fingerprint density at radius 1 is 1.06 bits per heavy atom. The number of carbonyl (C=O) groups is 1. The third-order valence-electron chi connectivity index (χ3n) is 5.05. The van der Waals surface area contributed by atoms with Crippen LogP contribution in [0.3, 0.4) is 0 Å². The normalized spacial score (nSPS) is 10.8. The molecule has 0 atom stereocenters. The van der Waals surface area contributed by atoms with Crippen LogP contribution in [0.1, 0.15) is 11.1 Å². The Kier molecular flexibility index (Phi) is 7.01. The van der Waals surface area contributed by atoms with Crippen LogP contribution in [-0.2, 0) is 4.79 Å². The lowest BCUT2D eigenvalue weighted by Gasteiger charge is -2.12. The highest BCUT2D eigenvalue weighted by molar-refractivity contribution is 7.99. The maximum Gasteiger partial charge on any atom is 0.234 e. The Morgan fingerprint density at radius 2 is 1.85 bits per heavy atom. The number of thioether (sulfide) groups is 1. The maximum absolute atomic E-state index is 12.7. The SMILES string of the molecule is COc1ccc(-n2c(SCC(=O)Nc3cc(Cl)ccc3C)nnc2-c2cccc(C)c2)cc1. The van der Waals surface area contributed by atoms with Crippen molar-refractivity contribution in [3.05, 3.63) is 82.9 Å². The average molecular weight is 479 g/mol. The second-order valence-electron chi connectivity index (χ2n) is 7.51. The summed E-state index contributed by atoms with van der Waals surface area (Å²) in [5, 5.41) is 13.0. The van der Waals surface area contributed by atoms with Gasteiger partial charge in [-0.3, -0.25) is 9.36 Å². The number of aromatic nitrogens is 3. The lowest BCUT2D eigenvalue weighted by Crippen LogP contribution is -2.15. The molecule has 0 saturated heterocycles. The van der Waals surface area contributed by atoms with E-state index in [4.69, 9.17) is 16.3 Å². The summed E-state index contributed by atoms with van der Waals surface area (Å²) in [6.45, 7) is 3.96. The van der Waals surface area contributed by atoms with E-state index in [1.165, 1.54) is 11.8 Å². The molecule has 168 valence electrons. The number of aryl methyl sites for hydroxylation is 2. The topological polar surface area (TPSA) is 69.0 Å². The molecule has 0 bridgehead atoms. The van der Waals surface area contributed by atoms with Crippen LogP contribution < -0.4 is 10.1 Å². The van der Waals surface area contributed by atoms with Gasteiger partial charge in [-0.2, -0.15) is 0 Å². The number of amides is 1. The van der Waals surface area contributed by atoms with Gasteiger partial charge in [0, 0.05) is 22.0 Å². The van der Waals surface area contributed by atoms with Gasteiger partial charge in [0.2, 0.25) is 5.91 Å². The number of anilines is 1. The van der Waals surface area contributed by atoms with E-state index < -0.39 is 0 Å². The molecule has 0 aliphatic carbocycles. The third-order valence-corrected chi connectivity index (χ3v) is 6.21. The predicted octanol–water partition coefficient (Wildman–Crippen LogP) is 5.94. The van der Waals surface area contributed by atoms with Crippen molar-refractivity contribution in [2.45, 2.75) is 19.0 Å². The molecular weight excluding hydrogens is 456 g/mol. The van der Waals surface area contributed by atoms with Gasteiger partial charge in [-0.05, 0) is 61.9 Å². The van der Waals surface area contributed by atoms with Crippen LogP contribution in [0.25, 0.3) is 17.1 Å². The fourth-order valence-electron chi connectivity index (χ4n) is 3.34. The van der Waals surface area contributed by atoms with Crippen LogP contribution in [0.2, 0.25) is 5.02 Å². The first kappa shape index (κ1) is 22.9. The maximum atomic E-state index is 12.7. The molecule has 0 aliphatic heterocycles. The Hall–Kier alpha value is -3.29. The number of hydrogen-bond donors (Lipinski definition) is 1. The Morgan fingerprint density at radius 3 is 2.58 bits per heavy atom. The summed E-state index contributed by atoms with van der Waals surface area (Å²) in [7, 11) is 1.63. The zero-order chi connectivity index (χ0) is 23.4. The first-order chi connectivity index (χ1) is 15.9. The number of methoxy groups -OCH3 is 1. The molecule has 1 N–H and O–H groups in total. The summed E-state index contributed by atoms with van der Waals surface area (Å²) >= 11 is 7.39. The number of ether oxygens (including phenoxy) is 1. The smallest absolute Gasteiger partial charge is 0.234 e. The van der Waals surface area contributed by atoms with Crippen molar-refractivity contribution in [3.63, 3.8) is 0 Å². The number of halogens is 1. The molecule has 33 heavy (non-hydrogen) atoms. The minimum absolute atomic E-state index is 0.147. The molecule has 1 amide bonds. The van der Waals surface area contributed by atoms with Crippen LogP contribution in [-0.4, -0.2) is 33.5 Å². The molecular formula is C25H23ClN4O2S. The van der Waals surface area contributed by atoms with Gasteiger partial charge in [-0.15, -0.1) is 10.2 Å². The molecule has 0 saturated carbocycles. The average Bonchev–Trinajstić information content (AvgIpc) is 3.24. The van der Waals surface area contributed by atoms with Gasteiger partial charge in [0.1, 0.15) is 5.75 Å². The number of hydrogen-bond acceptors (Lipinski definition) is 5. The molecule has 1 heterocycles. The van der Waals surface area contributed by atoms with Gasteiger partial charge < -0.3 is 10.1 Å². The zero-order valence-electron chi connectivity index (χ0n) is 18.5. The van der Waals surface area contributed by atoms with Crippen LogP contribution in [0.15, 0.2) is 71.9 Å². The van der Waals surface area contributed by atoms with Crippen molar-refractivity contribution in [1.82, 2.24) is 14.8 Å². The Labute approximate surface area is 202 Å². The van der Waals surface area contributed by atoms with Crippen molar-refractivity contribution in [1.29, 1.82) is 0 Å². The summed E-state index contributed by atoms with van der Waals surface area (Å²) in [4.78, 5) is 12.7. The third kappa shape index (κ3) is 5.38. The van der Waals surface area contributed by atoms with Gasteiger partial charge in [-0.1, -0.05) is 53.2 Å². The number of carbonyl (C=O) groups excluding carboxylic acids is 1. The molecule has 0 spiro atoms. The van der Waals surface area contributed by atoms with E-state index in [9.17, 15) is 4.79 Å². The van der Waals surface area contributed by atoms with Crippen molar-refractivity contribution in [3.8, 4) is 22.8 Å². The van der Waals surface area contributed by atoms with Crippen molar-refractivity contribution >= 4 is 35.0 Å². The van der Waals surface area contributed by atoms with E-state index in [-0.39, 0.29) is 11.7 Å². The largest absolute Gasteiger partial charge is 0.497 e. The molecule has 0 unspecified atom stereocenters. The monoisotopic (exact) mass is 478 g/mol. The molecule has 0 radical (unpaired) electrons. The summed E-state index contributed by atoms with van der Waals surface area (Å²) in [6.07, 6.45) is 0. The minimum Gasteiger partial charge on any atom is -0.497 e. The highest BCUT2D eigenvalue weighted by atomic mass is 35.5. The summed E-state index contributed by atoms with van der Waals surface area (Å²) in [5.74, 6) is 1.49. The van der Waals surface area contributed by atoms with Gasteiger partial charge in [-0.25, -0.2) is 0 Å². The first-order valence-corrected chi connectivity index (χ1v) is 11.7. The van der Waals surface area contributed by atoms with E-state index in [1.54, 1.807) is 19.2 Å². The standard InChI is InChI=1S/C25H23ClN4O2S/c1-16-5-4-6-18(13-16)24-28-29-25(30(24)20-9-11-21(32-3)12-10-20)33-15-23(31)27-22-14-19(26)8-7-17(22)2/h4-14H,15H2,1-3H3,(H,27,31). The van der Waals surface area contributed by atoms with Crippen LogP contribution in [0, 0.1) is 13.8 Å². The molecule has 1 aromatic heterocycles. The van der Waals surface area contributed by atoms with E-state index in [2.05, 4.69) is 21.6 Å². The fourth-order valence-corrected chi connectivity index (χ4v) is 4.27. The van der Waals surface area contributed by atoms with E-state index in [0.717, 1.165) is 28.1 Å². The molecule has 0 fully saturated rings. The second-order valence-corrected chi connectivity index (χ2v) is 8.88. The highest BCUT2D eigenvalue weighted by Gasteiger charge is 2.18. The minimum atomic E-state index is -0.147. The molecule has 3 aromatic carbocycles. The predicted molar refractivity (Wildman–Crippen MR) is 134 cm³/mol. The van der Waals surface area contributed by atoms with Crippen molar-refractivity contribution in [2.24, 2.45) is 0 Å². The quantitative estimate of drug-likeness (QED) is 0.333. The Balaban J connectivity index is 1.62. The molecule has 4 rings (SSSR count). The van der Waals surface area contributed by atoms with Gasteiger partial charge in [0.25, 0.3) is 0 Å². The number of nitrogens with zero attached hydrogens (tertiary/aromatic N) is 3. The van der Waals surface area contributed by atoms with E-state index in [0.29, 0.717) is 21.7 Å². The molecule has 0 aliphatic rings. The summed E-state index contributed by atoms with van der Waals surface area (Å²) in [6, 6.07) is 21.2. The van der Waals surface area contributed by atoms with Gasteiger partial charge in [0.05, 0.1) is 12.9 Å². The lowest BCUT2D eigenvalue weighted by atomic mass is 10.1. The molecule has 4 aromatic rings. The van der Waals surface area contributed by atoms with Gasteiger partial charge in [0.15, 0.2) is 11.0 Å². The van der Waals surface area contributed by atoms with Crippen LogP contribution >= 0.6 is 23.4 Å². The second kappa shape index (κ2) is 10.1. The van der Waals surface area contributed by atoms with Crippen LogP contribution in [0.4, 0.5) is 5.69 Å². The lowest BCUT2D eigenvalue weighted by molar-refractivity contribution is -0.113. The number of benzene rings is 3. The number of nitrogens with one attached hydrogen (secondary N) is 1. The zero-order valence-corrected chi connectivity index (χ0v) is 20.1. The summed E-state index contributed by atoms with van der Waals surface area (Å²) < 4.78 is 7.25. The fraction of sp³-hybridized carbons (Fsp3) is 0.160. The van der Waals surface area contributed by atoms with E-state index >= 15 is 0 Å². The highest BCUT2D eigenvalue weighted by Crippen LogP contribution is 2.29. The number of rotatable bonds is 7. The van der Waals surface area contributed by atoms with Crippen molar-refractivity contribution in [2.75, 3.05) is 18.2 Å². The van der Waals surface area contributed by atoms with E-state index in [1.807, 2.05) is 66.9 Å². The first-order valence-electron chi connectivity index (χ1n) is 10.3. The van der Waals surface area contributed by atoms with Gasteiger partial charge >= 0.3 is 0 Å². The summed E-state index contributed by atoms with van der Waals surface area (Å²) in [5.41, 5.74) is 4.60. The van der Waals surface area contributed by atoms with Crippen LogP contribution in [0.5, 0.6) is 5.75 Å². The molecule has 6 nitrogen and oxygen atoms in total. The van der Waals surface area contributed by atoms with Crippen molar-refractivity contribution < 1.29 is 9.53 Å². The Bertz CT molecular complexity index is 1290.